The van der Waals surface area contributed by atoms with Crippen LogP contribution in [0.2, 0.25) is 0 Å². The summed E-state index contributed by atoms with van der Waals surface area (Å²) in [6.07, 6.45) is 0.910. The molecule has 12 heteroatoms. The first-order chi connectivity index (χ1) is 11.5. The number of benzene rings is 1. The minimum absolute atomic E-state index is 0. The number of rotatable bonds is 2. The van der Waals surface area contributed by atoms with E-state index in [4.69, 9.17) is 24.9 Å². The third-order valence-corrected chi connectivity index (χ3v) is 2.95. The molecular formula is C14H10BF3NO7. The van der Waals surface area contributed by atoms with E-state index in [2.05, 4.69) is 0 Å². The minimum Gasteiger partial charge on any atom is -0.477 e. The van der Waals surface area contributed by atoms with Gasteiger partial charge in [0, 0.05) is 21.2 Å². The molecule has 3 N–H and O–H groups in total. The third kappa shape index (κ3) is 4.40. The summed E-state index contributed by atoms with van der Waals surface area (Å²) in [5.74, 6) is -9.90. The standard InChI is InChI=1S/C12H8F3NO3.C2H2O4.B/c1-2-16-4-6(12(18)19)11(17)5-3-7(13)8(14)9(15)10(5)16;3-1(4)2(5)6;/h3-4H,2H2,1H3,(H,18,19);(H,3,4)(H,5,6);. The highest BCUT2D eigenvalue weighted by Crippen LogP contribution is 2.21. The number of carboxylic acid groups (broad SMARTS) is 3. The van der Waals surface area contributed by atoms with Crippen molar-refractivity contribution in [3.05, 3.63) is 45.5 Å². The lowest BCUT2D eigenvalue weighted by atomic mass is 10.1. The van der Waals surface area contributed by atoms with Gasteiger partial charge in [0.05, 0.1) is 10.9 Å². The average molecular weight is 372 g/mol. The number of pyridine rings is 1. The van der Waals surface area contributed by atoms with Gasteiger partial charge in [-0.1, -0.05) is 0 Å². The fourth-order valence-electron chi connectivity index (χ4n) is 1.87. The Morgan fingerprint density at radius 3 is 1.92 bits per heavy atom. The van der Waals surface area contributed by atoms with Gasteiger partial charge in [-0.2, -0.15) is 0 Å². The zero-order valence-corrected chi connectivity index (χ0v) is 13.0. The zero-order chi connectivity index (χ0) is 19.5. The molecule has 3 radical (unpaired) electrons. The van der Waals surface area contributed by atoms with E-state index >= 15 is 0 Å². The van der Waals surface area contributed by atoms with Crippen molar-refractivity contribution in [1.82, 2.24) is 4.57 Å². The Bertz CT molecular complexity index is 931. The number of hydrogen-bond donors (Lipinski definition) is 3. The molecule has 2 aromatic rings. The van der Waals surface area contributed by atoms with Gasteiger partial charge in [0.1, 0.15) is 5.56 Å². The van der Waals surface area contributed by atoms with Gasteiger partial charge in [-0.3, -0.25) is 4.79 Å². The van der Waals surface area contributed by atoms with Crippen LogP contribution in [0.15, 0.2) is 17.1 Å². The molecule has 26 heavy (non-hydrogen) atoms. The predicted molar refractivity (Wildman–Crippen MR) is 81.7 cm³/mol. The molecule has 1 aromatic carbocycles. The minimum atomic E-state index is -1.82. The van der Waals surface area contributed by atoms with Crippen molar-refractivity contribution >= 4 is 37.2 Å². The molecular weight excluding hydrogens is 362 g/mol. The van der Waals surface area contributed by atoms with Gasteiger partial charge in [0.2, 0.25) is 5.43 Å². The lowest BCUT2D eigenvalue weighted by Crippen LogP contribution is -2.20. The first kappa shape index (κ1) is 22.7. The number of fused-ring (bicyclic) bond motifs is 1. The van der Waals surface area contributed by atoms with E-state index in [1.807, 2.05) is 0 Å². The SMILES string of the molecule is CCn1cc(C(=O)O)c(=O)c2cc(F)c(F)c(F)c21.O=C(O)C(=O)O.[B]. The number of nitrogens with zero attached hydrogens (tertiary/aromatic N) is 1. The molecule has 0 saturated carbocycles. The molecule has 0 aliphatic carbocycles. The first-order valence-corrected chi connectivity index (χ1v) is 6.43. The highest BCUT2D eigenvalue weighted by molar-refractivity contribution is 6.27. The molecule has 0 atom stereocenters. The molecule has 8 nitrogen and oxygen atoms in total. The largest absolute Gasteiger partial charge is 0.477 e. The molecule has 0 aliphatic heterocycles. The predicted octanol–water partition coefficient (Wildman–Crippen LogP) is 0.912. The third-order valence-electron chi connectivity index (χ3n) is 2.95. The number of aromatic nitrogens is 1. The van der Waals surface area contributed by atoms with Crippen LogP contribution in [0.4, 0.5) is 13.2 Å². The number of carbonyl (C=O) groups is 3. The Balaban J connectivity index is 0.000000777. The Hall–Kier alpha value is -3.31. The van der Waals surface area contributed by atoms with Crippen LogP contribution in [0.3, 0.4) is 0 Å². The highest BCUT2D eigenvalue weighted by Gasteiger charge is 2.21. The van der Waals surface area contributed by atoms with E-state index < -0.39 is 57.3 Å². The quantitative estimate of drug-likeness (QED) is 0.405. The van der Waals surface area contributed by atoms with Crippen LogP contribution >= 0.6 is 0 Å². The van der Waals surface area contributed by atoms with E-state index in [1.54, 1.807) is 6.92 Å². The van der Waals surface area contributed by atoms with Crippen LogP contribution in [-0.4, -0.2) is 46.2 Å². The first-order valence-electron chi connectivity index (χ1n) is 6.43. The molecule has 0 unspecified atom stereocenters. The summed E-state index contributed by atoms with van der Waals surface area (Å²) >= 11 is 0. The van der Waals surface area contributed by atoms with E-state index in [1.165, 1.54) is 0 Å². The van der Waals surface area contributed by atoms with Crippen molar-refractivity contribution < 1.29 is 42.9 Å². The monoisotopic (exact) mass is 372 g/mol. The molecule has 0 bridgehead atoms. The summed E-state index contributed by atoms with van der Waals surface area (Å²) in [5, 5.41) is 23.1. The van der Waals surface area contributed by atoms with Gasteiger partial charge in [-0.15, -0.1) is 0 Å². The van der Waals surface area contributed by atoms with Gasteiger partial charge < -0.3 is 19.9 Å². The summed E-state index contributed by atoms with van der Waals surface area (Å²) in [7, 11) is 0. The smallest absolute Gasteiger partial charge is 0.414 e. The second-order valence-electron chi connectivity index (χ2n) is 4.46. The number of halogens is 3. The van der Waals surface area contributed by atoms with Crippen LogP contribution in [0.1, 0.15) is 17.3 Å². The van der Waals surface area contributed by atoms with Crippen molar-refractivity contribution in [2.75, 3.05) is 0 Å². The van der Waals surface area contributed by atoms with Crippen LogP contribution in [-0.2, 0) is 16.1 Å². The topological polar surface area (TPSA) is 134 Å². The number of aryl methyl sites for hydroxylation is 1. The molecule has 1 aromatic heterocycles. The molecule has 137 valence electrons. The van der Waals surface area contributed by atoms with Crippen molar-refractivity contribution in [2.24, 2.45) is 0 Å². The van der Waals surface area contributed by atoms with Crippen LogP contribution in [0, 0.1) is 17.5 Å². The maximum atomic E-state index is 13.7. The fourth-order valence-corrected chi connectivity index (χ4v) is 1.87. The molecule has 1 heterocycles. The van der Waals surface area contributed by atoms with Crippen molar-refractivity contribution in [1.29, 1.82) is 0 Å². The van der Waals surface area contributed by atoms with E-state index in [0.29, 0.717) is 6.07 Å². The molecule has 0 saturated heterocycles. The number of hydrogen-bond acceptors (Lipinski definition) is 4. The van der Waals surface area contributed by atoms with Gasteiger partial charge in [0.15, 0.2) is 17.5 Å². The Labute approximate surface area is 144 Å². The summed E-state index contributed by atoms with van der Waals surface area (Å²) in [6.45, 7) is 1.65. The van der Waals surface area contributed by atoms with Gasteiger partial charge in [0.25, 0.3) is 0 Å². The molecule has 0 fully saturated rings. The van der Waals surface area contributed by atoms with Crippen LogP contribution in [0.25, 0.3) is 10.9 Å². The maximum Gasteiger partial charge on any atom is 0.414 e. The normalized spacial score (nSPS) is 9.69. The lowest BCUT2D eigenvalue weighted by Gasteiger charge is -2.11. The zero-order valence-electron chi connectivity index (χ0n) is 13.0. The van der Waals surface area contributed by atoms with Crippen molar-refractivity contribution in [2.45, 2.75) is 13.5 Å². The van der Waals surface area contributed by atoms with E-state index in [9.17, 15) is 22.8 Å². The number of aromatic carboxylic acids is 1. The van der Waals surface area contributed by atoms with Crippen LogP contribution < -0.4 is 5.43 Å². The number of carboxylic acids is 3. The Kier molecular flexibility index (Phi) is 7.59. The Morgan fingerprint density at radius 1 is 1.04 bits per heavy atom. The summed E-state index contributed by atoms with van der Waals surface area (Å²) in [5.41, 5.74) is -2.12. The molecule has 0 spiro atoms. The number of aliphatic carboxylic acids is 2. The van der Waals surface area contributed by atoms with Crippen molar-refractivity contribution in [3.63, 3.8) is 0 Å². The highest BCUT2D eigenvalue weighted by atomic mass is 19.2. The fraction of sp³-hybridized carbons (Fsp3) is 0.143. The van der Waals surface area contributed by atoms with E-state index in [0.717, 1.165) is 10.8 Å². The van der Waals surface area contributed by atoms with Gasteiger partial charge in [-0.05, 0) is 13.0 Å². The second-order valence-corrected chi connectivity index (χ2v) is 4.46. The summed E-state index contributed by atoms with van der Waals surface area (Å²) < 4.78 is 41.1. The Morgan fingerprint density at radius 2 is 1.54 bits per heavy atom. The van der Waals surface area contributed by atoms with Crippen molar-refractivity contribution in [3.8, 4) is 0 Å². The lowest BCUT2D eigenvalue weighted by molar-refractivity contribution is -0.159. The van der Waals surface area contributed by atoms with Gasteiger partial charge >= 0.3 is 17.9 Å². The molecule has 0 amide bonds. The molecule has 0 aliphatic rings. The molecule has 2 rings (SSSR count). The van der Waals surface area contributed by atoms with E-state index in [-0.39, 0.29) is 15.0 Å². The second kappa shape index (κ2) is 8.69. The van der Waals surface area contributed by atoms with Crippen LogP contribution in [0.5, 0.6) is 0 Å². The maximum absolute atomic E-state index is 13.7. The summed E-state index contributed by atoms with van der Waals surface area (Å²) in [4.78, 5) is 40.9. The summed E-state index contributed by atoms with van der Waals surface area (Å²) in [6, 6.07) is 0.509. The van der Waals surface area contributed by atoms with Gasteiger partial charge in [-0.25, -0.2) is 27.6 Å². The average Bonchev–Trinajstić information content (AvgIpc) is 2.53.